The number of carbonyl (C=O) groups is 1. The monoisotopic (exact) mass is 383 g/mol. The average Bonchev–Trinajstić information content (AvgIpc) is 2.63. The first-order chi connectivity index (χ1) is 12.9. The molecule has 8 heteroatoms. The molecular formula is C19H14ClN3O4. The van der Waals surface area contributed by atoms with Gasteiger partial charge in [-0.3, -0.25) is 19.6 Å². The standard InChI is InChI=1S/C19H14ClN3O4/c1-11(24)12-5-4-6-13(9-12)21-10-14-17(25)22-19(27)23(18(14)26)16-8-3-2-7-15(16)20/h2-10,26H,1H3,(H,22,25,27). The van der Waals surface area contributed by atoms with E-state index >= 15 is 0 Å². The average molecular weight is 384 g/mol. The Balaban J connectivity index is 2.12. The van der Waals surface area contributed by atoms with Gasteiger partial charge in [-0.05, 0) is 31.2 Å². The Hall–Kier alpha value is -3.45. The summed E-state index contributed by atoms with van der Waals surface area (Å²) in [6.45, 7) is 1.43. The molecule has 0 spiro atoms. The summed E-state index contributed by atoms with van der Waals surface area (Å²) in [6.07, 6.45) is 1.13. The lowest BCUT2D eigenvalue weighted by Crippen LogP contribution is -2.31. The van der Waals surface area contributed by atoms with E-state index in [1.807, 2.05) is 0 Å². The zero-order chi connectivity index (χ0) is 19.6. The number of aromatic amines is 1. The third-order valence-corrected chi connectivity index (χ3v) is 4.13. The van der Waals surface area contributed by atoms with Gasteiger partial charge < -0.3 is 5.11 Å². The Morgan fingerprint density at radius 3 is 2.63 bits per heavy atom. The SMILES string of the molecule is CC(=O)c1cccc(N=Cc2c(O)n(-c3ccccc3Cl)c(=O)[nH]c2=O)c1. The van der Waals surface area contributed by atoms with Gasteiger partial charge in [0.2, 0.25) is 5.88 Å². The molecule has 0 unspecified atom stereocenters. The Morgan fingerprint density at radius 2 is 1.93 bits per heavy atom. The fraction of sp³-hybridized carbons (Fsp3) is 0.0526. The molecule has 3 rings (SSSR count). The highest BCUT2D eigenvalue weighted by atomic mass is 35.5. The number of rotatable bonds is 4. The molecule has 2 N–H and O–H groups in total. The van der Waals surface area contributed by atoms with Gasteiger partial charge in [0.15, 0.2) is 5.78 Å². The van der Waals surface area contributed by atoms with Crippen LogP contribution in [-0.2, 0) is 0 Å². The van der Waals surface area contributed by atoms with E-state index in [1.165, 1.54) is 13.0 Å². The summed E-state index contributed by atoms with van der Waals surface area (Å²) in [5.41, 5.74) is -0.761. The van der Waals surface area contributed by atoms with Gasteiger partial charge in [0.05, 0.1) is 16.4 Å². The second kappa shape index (κ2) is 7.43. The zero-order valence-electron chi connectivity index (χ0n) is 14.1. The molecule has 0 saturated carbocycles. The molecule has 0 atom stereocenters. The van der Waals surface area contributed by atoms with Crippen molar-refractivity contribution in [2.24, 2.45) is 4.99 Å². The quantitative estimate of drug-likeness (QED) is 0.533. The number of carbonyl (C=O) groups excluding carboxylic acids is 1. The van der Waals surface area contributed by atoms with Crippen molar-refractivity contribution in [2.45, 2.75) is 6.92 Å². The number of para-hydroxylation sites is 1. The zero-order valence-corrected chi connectivity index (χ0v) is 14.9. The normalized spacial score (nSPS) is 11.0. The van der Waals surface area contributed by atoms with Crippen LogP contribution in [0.15, 0.2) is 63.1 Å². The molecular weight excluding hydrogens is 370 g/mol. The third-order valence-electron chi connectivity index (χ3n) is 3.81. The molecule has 3 aromatic rings. The lowest BCUT2D eigenvalue weighted by atomic mass is 10.1. The highest BCUT2D eigenvalue weighted by Crippen LogP contribution is 2.23. The maximum Gasteiger partial charge on any atom is 0.335 e. The first kappa shape index (κ1) is 18.3. The van der Waals surface area contributed by atoms with Gasteiger partial charge in [0.1, 0.15) is 5.56 Å². The second-order valence-corrected chi connectivity index (χ2v) is 6.06. The number of benzene rings is 2. The van der Waals surface area contributed by atoms with E-state index in [4.69, 9.17) is 11.6 Å². The topological polar surface area (TPSA) is 105 Å². The summed E-state index contributed by atoms with van der Waals surface area (Å²) in [7, 11) is 0. The molecule has 136 valence electrons. The number of Topliss-reactive ketones (excluding diaryl/α,β-unsaturated/α-hetero) is 1. The van der Waals surface area contributed by atoms with Crippen molar-refractivity contribution in [2.75, 3.05) is 0 Å². The van der Waals surface area contributed by atoms with Crippen LogP contribution in [-0.4, -0.2) is 26.7 Å². The van der Waals surface area contributed by atoms with Crippen molar-refractivity contribution >= 4 is 29.3 Å². The molecule has 0 amide bonds. The summed E-state index contributed by atoms with van der Waals surface area (Å²) in [5.74, 6) is -0.719. The van der Waals surface area contributed by atoms with E-state index in [-0.39, 0.29) is 22.1 Å². The van der Waals surface area contributed by atoms with E-state index in [9.17, 15) is 19.5 Å². The lowest BCUT2D eigenvalue weighted by Gasteiger charge is -2.10. The van der Waals surface area contributed by atoms with Gasteiger partial charge in [0, 0.05) is 11.8 Å². The molecule has 1 heterocycles. The van der Waals surface area contributed by atoms with E-state index in [0.29, 0.717) is 11.3 Å². The molecule has 1 aromatic heterocycles. The molecule has 0 aliphatic rings. The maximum absolute atomic E-state index is 12.2. The van der Waals surface area contributed by atoms with Gasteiger partial charge in [-0.15, -0.1) is 0 Å². The first-order valence-electron chi connectivity index (χ1n) is 7.86. The Bertz CT molecular complexity index is 1180. The van der Waals surface area contributed by atoms with E-state index in [0.717, 1.165) is 10.8 Å². The molecule has 0 bridgehead atoms. The first-order valence-corrected chi connectivity index (χ1v) is 8.24. The van der Waals surface area contributed by atoms with Gasteiger partial charge in [-0.1, -0.05) is 35.9 Å². The van der Waals surface area contributed by atoms with E-state index in [1.54, 1.807) is 42.5 Å². The predicted octanol–water partition coefficient (Wildman–Crippen LogP) is 2.84. The van der Waals surface area contributed by atoms with Crippen LogP contribution < -0.4 is 11.2 Å². The Kier molecular flexibility index (Phi) is 5.05. The van der Waals surface area contributed by atoms with E-state index in [2.05, 4.69) is 9.98 Å². The third kappa shape index (κ3) is 3.73. The second-order valence-electron chi connectivity index (χ2n) is 5.65. The predicted molar refractivity (Wildman–Crippen MR) is 103 cm³/mol. The number of aromatic nitrogens is 2. The summed E-state index contributed by atoms with van der Waals surface area (Å²) in [5, 5.41) is 10.7. The summed E-state index contributed by atoms with van der Waals surface area (Å²) >= 11 is 6.09. The lowest BCUT2D eigenvalue weighted by molar-refractivity contribution is 0.101. The van der Waals surface area contributed by atoms with Crippen molar-refractivity contribution in [3.05, 3.63) is 85.5 Å². The number of aliphatic imine (C=N–C) groups is 1. The van der Waals surface area contributed by atoms with Gasteiger partial charge in [-0.2, -0.15) is 0 Å². The van der Waals surface area contributed by atoms with Gasteiger partial charge in [-0.25, -0.2) is 9.36 Å². The maximum atomic E-state index is 12.2. The summed E-state index contributed by atoms with van der Waals surface area (Å²) < 4.78 is 0.886. The minimum Gasteiger partial charge on any atom is -0.493 e. The molecule has 2 aromatic carbocycles. The number of nitrogens with one attached hydrogen (secondary N) is 1. The van der Waals surface area contributed by atoms with Crippen LogP contribution in [0.25, 0.3) is 5.69 Å². The van der Waals surface area contributed by atoms with Crippen LogP contribution in [0.5, 0.6) is 5.88 Å². The Labute approximate surface area is 158 Å². The number of hydrogen-bond donors (Lipinski definition) is 2. The fourth-order valence-electron chi connectivity index (χ4n) is 2.46. The highest BCUT2D eigenvalue weighted by Gasteiger charge is 2.16. The van der Waals surface area contributed by atoms with Crippen LogP contribution >= 0.6 is 11.6 Å². The molecule has 0 radical (unpaired) electrons. The molecule has 0 aliphatic carbocycles. The van der Waals surface area contributed by atoms with Crippen LogP contribution in [0.4, 0.5) is 5.69 Å². The van der Waals surface area contributed by atoms with Crippen molar-refractivity contribution in [3.63, 3.8) is 0 Å². The van der Waals surface area contributed by atoms with Gasteiger partial charge >= 0.3 is 5.69 Å². The molecule has 27 heavy (non-hydrogen) atoms. The fourth-order valence-corrected chi connectivity index (χ4v) is 2.68. The number of H-pyrrole nitrogens is 1. The minimum absolute atomic E-state index is 0.125. The number of ketones is 1. The number of hydrogen-bond acceptors (Lipinski definition) is 5. The molecule has 0 saturated heterocycles. The van der Waals surface area contributed by atoms with Crippen molar-refractivity contribution in [1.29, 1.82) is 0 Å². The number of halogens is 1. The van der Waals surface area contributed by atoms with E-state index < -0.39 is 17.1 Å². The number of aromatic hydroxyl groups is 1. The molecule has 7 nitrogen and oxygen atoms in total. The van der Waals surface area contributed by atoms with Crippen LogP contribution in [0, 0.1) is 0 Å². The van der Waals surface area contributed by atoms with Crippen LogP contribution in [0.3, 0.4) is 0 Å². The number of nitrogens with zero attached hydrogens (tertiary/aromatic N) is 2. The van der Waals surface area contributed by atoms with Crippen LogP contribution in [0.2, 0.25) is 5.02 Å². The minimum atomic E-state index is -0.832. The smallest absolute Gasteiger partial charge is 0.335 e. The highest BCUT2D eigenvalue weighted by molar-refractivity contribution is 6.32. The van der Waals surface area contributed by atoms with Crippen molar-refractivity contribution < 1.29 is 9.90 Å². The van der Waals surface area contributed by atoms with Gasteiger partial charge in [0.25, 0.3) is 5.56 Å². The molecule has 0 fully saturated rings. The summed E-state index contributed by atoms with van der Waals surface area (Å²) in [4.78, 5) is 42.0. The summed E-state index contributed by atoms with van der Waals surface area (Å²) in [6, 6.07) is 12.9. The molecule has 0 aliphatic heterocycles. The van der Waals surface area contributed by atoms with Crippen molar-refractivity contribution in [3.8, 4) is 11.6 Å². The van der Waals surface area contributed by atoms with Crippen molar-refractivity contribution in [1.82, 2.24) is 9.55 Å². The largest absolute Gasteiger partial charge is 0.493 e. The Morgan fingerprint density at radius 1 is 1.19 bits per heavy atom. The van der Waals surface area contributed by atoms with Crippen LogP contribution in [0.1, 0.15) is 22.8 Å².